The van der Waals surface area contributed by atoms with E-state index in [0.29, 0.717) is 11.6 Å². The number of rotatable bonds is 2. The number of hydrogen-bond donors (Lipinski definition) is 0. The van der Waals surface area contributed by atoms with E-state index in [1.807, 2.05) is 40.6 Å². The zero-order valence-corrected chi connectivity index (χ0v) is 10.3. The van der Waals surface area contributed by atoms with Gasteiger partial charge in [0.15, 0.2) is 6.29 Å². The quantitative estimate of drug-likeness (QED) is 0.764. The molecule has 0 aliphatic carbocycles. The molecular formula is C13H14N2OS. The minimum Gasteiger partial charge on any atom is -0.296 e. The van der Waals surface area contributed by atoms with Gasteiger partial charge in [-0.3, -0.25) is 9.20 Å². The first-order valence-corrected chi connectivity index (χ1v) is 7.05. The Hall–Kier alpha value is -1.29. The smallest absolute Gasteiger partial charge is 0.166 e. The molecule has 2 aromatic heterocycles. The van der Waals surface area contributed by atoms with E-state index in [9.17, 15) is 4.79 Å². The Kier molecular flexibility index (Phi) is 2.89. The zero-order valence-electron chi connectivity index (χ0n) is 9.50. The molecule has 0 spiro atoms. The van der Waals surface area contributed by atoms with E-state index in [4.69, 9.17) is 0 Å². The number of carbonyl (C=O) groups is 1. The van der Waals surface area contributed by atoms with Crippen LogP contribution in [0.25, 0.3) is 5.52 Å². The Morgan fingerprint density at radius 3 is 3.18 bits per heavy atom. The molecular weight excluding hydrogens is 232 g/mol. The van der Waals surface area contributed by atoms with Crippen molar-refractivity contribution in [2.24, 2.45) is 0 Å². The van der Waals surface area contributed by atoms with Crippen molar-refractivity contribution in [2.45, 2.75) is 18.8 Å². The van der Waals surface area contributed by atoms with Crippen molar-refractivity contribution < 1.29 is 4.79 Å². The highest BCUT2D eigenvalue weighted by Gasteiger charge is 2.21. The fraction of sp³-hybridized carbons (Fsp3) is 0.385. The third-order valence-corrected chi connectivity index (χ3v) is 4.47. The Morgan fingerprint density at radius 2 is 2.41 bits per heavy atom. The van der Waals surface area contributed by atoms with Gasteiger partial charge >= 0.3 is 0 Å². The van der Waals surface area contributed by atoms with Gasteiger partial charge in [0.25, 0.3) is 0 Å². The number of pyridine rings is 1. The van der Waals surface area contributed by atoms with Crippen LogP contribution in [0.2, 0.25) is 0 Å². The van der Waals surface area contributed by atoms with Gasteiger partial charge in [-0.25, -0.2) is 4.98 Å². The van der Waals surface area contributed by atoms with Gasteiger partial charge in [-0.1, -0.05) is 6.07 Å². The topological polar surface area (TPSA) is 34.4 Å². The van der Waals surface area contributed by atoms with E-state index in [1.54, 1.807) is 0 Å². The largest absolute Gasteiger partial charge is 0.296 e. The third-order valence-electron chi connectivity index (χ3n) is 3.25. The summed E-state index contributed by atoms with van der Waals surface area (Å²) in [5, 5.41) is 0. The van der Waals surface area contributed by atoms with E-state index in [1.165, 1.54) is 18.6 Å². The van der Waals surface area contributed by atoms with Crippen LogP contribution in [0.4, 0.5) is 0 Å². The fourth-order valence-corrected chi connectivity index (χ4v) is 3.56. The summed E-state index contributed by atoms with van der Waals surface area (Å²) in [4.78, 5) is 15.6. The number of thioether (sulfide) groups is 1. The SMILES string of the molecule is O=Cc1cccc2cnc(C3CCCSC3)n12. The van der Waals surface area contributed by atoms with Crippen LogP contribution in [0.5, 0.6) is 0 Å². The van der Waals surface area contributed by atoms with E-state index in [2.05, 4.69) is 4.98 Å². The summed E-state index contributed by atoms with van der Waals surface area (Å²) in [7, 11) is 0. The number of carbonyl (C=O) groups excluding carboxylic acids is 1. The van der Waals surface area contributed by atoms with Crippen LogP contribution >= 0.6 is 11.8 Å². The summed E-state index contributed by atoms with van der Waals surface area (Å²) < 4.78 is 2.00. The second-order valence-corrected chi connectivity index (χ2v) is 5.51. The van der Waals surface area contributed by atoms with E-state index in [0.717, 1.165) is 23.4 Å². The molecule has 1 atom stereocenters. The highest BCUT2D eigenvalue weighted by Crippen LogP contribution is 2.31. The van der Waals surface area contributed by atoms with E-state index < -0.39 is 0 Å². The second-order valence-electron chi connectivity index (χ2n) is 4.36. The number of nitrogens with zero attached hydrogens (tertiary/aromatic N) is 2. The lowest BCUT2D eigenvalue weighted by Crippen LogP contribution is -2.13. The highest BCUT2D eigenvalue weighted by molar-refractivity contribution is 7.99. The molecule has 3 heterocycles. The predicted octanol–water partition coefficient (Wildman–Crippen LogP) is 2.76. The van der Waals surface area contributed by atoms with Gasteiger partial charge in [0.05, 0.1) is 17.4 Å². The average Bonchev–Trinajstić information content (AvgIpc) is 2.83. The maximum absolute atomic E-state index is 11.1. The van der Waals surface area contributed by atoms with Crippen LogP contribution in [0.15, 0.2) is 24.4 Å². The van der Waals surface area contributed by atoms with Crippen molar-refractivity contribution in [3.05, 3.63) is 35.9 Å². The Labute approximate surface area is 104 Å². The first-order chi connectivity index (χ1) is 8.40. The minimum absolute atomic E-state index is 0.484. The molecule has 0 amide bonds. The molecule has 1 saturated heterocycles. The van der Waals surface area contributed by atoms with Crippen LogP contribution < -0.4 is 0 Å². The summed E-state index contributed by atoms with van der Waals surface area (Å²) >= 11 is 1.98. The fourth-order valence-electron chi connectivity index (χ4n) is 2.42. The molecule has 0 aromatic carbocycles. The van der Waals surface area contributed by atoms with Gasteiger partial charge in [-0.15, -0.1) is 0 Å². The van der Waals surface area contributed by atoms with E-state index in [-0.39, 0.29) is 0 Å². The maximum Gasteiger partial charge on any atom is 0.166 e. The lowest BCUT2D eigenvalue weighted by atomic mass is 10.0. The van der Waals surface area contributed by atoms with Gasteiger partial charge in [-0.2, -0.15) is 11.8 Å². The van der Waals surface area contributed by atoms with Crippen LogP contribution in [0.3, 0.4) is 0 Å². The van der Waals surface area contributed by atoms with Gasteiger partial charge in [0, 0.05) is 11.7 Å². The second kappa shape index (κ2) is 4.53. The molecule has 1 fully saturated rings. The van der Waals surface area contributed by atoms with Crippen molar-refractivity contribution in [2.75, 3.05) is 11.5 Å². The summed E-state index contributed by atoms with van der Waals surface area (Å²) in [6, 6.07) is 5.75. The Morgan fingerprint density at radius 1 is 1.47 bits per heavy atom. The van der Waals surface area contributed by atoms with Crippen LogP contribution in [-0.2, 0) is 0 Å². The molecule has 1 aliphatic heterocycles. The summed E-state index contributed by atoms with van der Waals surface area (Å²) in [5.41, 5.74) is 1.71. The molecule has 4 heteroatoms. The summed E-state index contributed by atoms with van der Waals surface area (Å²) in [6.45, 7) is 0. The molecule has 1 aliphatic rings. The monoisotopic (exact) mass is 246 g/mol. The van der Waals surface area contributed by atoms with Gasteiger partial charge < -0.3 is 0 Å². The average molecular weight is 246 g/mol. The molecule has 3 rings (SSSR count). The molecule has 0 radical (unpaired) electrons. The highest BCUT2D eigenvalue weighted by atomic mass is 32.2. The Bertz CT molecular complexity index is 543. The minimum atomic E-state index is 0.484. The zero-order chi connectivity index (χ0) is 11.7. The van der Waals surface area contributed by atoms with Crippen molar-refractivity contribution in [1.82, 2.24) is 9.38 Å². The van der Waals surface area contributed by atoms with Crippen LogP contribution in [-0.4, -0.2) is 27.2 Å². The maximum atomic E-state index is 11.1. The number of fused-ring (bicyclic) bond motifs is 1. The van der Waals surface area contributed by atoms with Crippen molar-refractivity contribution in [3.63, 3.8) is 0 Å². The number of hydrogen-bond acceptors (Lipinski definition) is 3. The molecule has 0 N–H and O–H groups in total. The lowest BCUT2D eigenvalue weighted by molar-refractivity contribution is 0.111. The molecule has 3 nitrogen and oxygen atoms in total. The molecule has 88 valence electrons. The standard InChI is InChI=1S/C13H14N2OS/c16-8-12-5-1-4-11-7-14-13(15(11)12)10-3-2-6-17-9-10/h1,4-5,7-8,10H,2-3,6,9H2. The predicted molar refractivity (Wildman–Crippen MR) is 69.9 cm³/mol. The molecule has 0 saturated carbocycles. The normalized spacial score (nSPS) is 20.6. The Balaban J connectivity index is 2.12. The van der Waals surface area contributed by atoms with Crippen molar-refractivity contribution >= 4 is 23.6 Å². The number of aromatic nitrogens is 2. The third kappa shape index (κ3) is 1.86. The van der Waals surface area contributed by atoms with Gasteiger partial charge in [0.1, 0.15) is 5.82 Å². The van der Waals surface area contributed by atoms with Crippen molar-refractivity contribution in [1.29, 1.82) is 0 Å². The molecule has 0 bridgehead atoms. The number of imidazole rings is 1. The molecule has 2 aromatic rings. The first kappa shape index (κ1) is 10.8. The summed E-state index contributed by atoms with van der Waals surface area (Å²) in [6.07, 6.45) is 5.20. The van der Waals surface area contributed by atoms with Gasteiger partial charge in [-0.05, 0) is 30.7 Å². The van der Waals surface area contributed by atoms with Gasteiger partial charge in [0.2, 0.25) is 0 Å². The van der Waals surface area contributed by atoms with Crippen LogP contribution in [0.1, 0.15) is 35.1 Å². The number of aldehydes is 1. The summed E-state index contributed by atoms with van der Waals surface area (Å²) in [5.74, 6) is 3.90. The van der Waals surface area contributed by atoms with E-state index >= 15 is 0 Å². The molecule has 17 heavy (non-hydrogen) atoms. The molecule has 1 unspecified atom stereocenters. The van der Waals surface area contributed by atoms with Crippen molar-refractivity contribution in [3.8, 4) is 0 Å². The first-order valence-electron chi connectivity index (χ1n) is 5.89. The van der Waals surface area contributed by atoms with Crippen LogP contribution in [0, 0.1) is 0 Å². The lowest BCUT2D eigenvalue weighted by Gasteiger charge is -2.20.